The van der Waals surface area contributed by atoms with Gasteiger partial charge in [0.15, 0.2) is 0 Å². The van der Waals surface area contributed by atoms with Gasteiger partial charge in [-0.3, -0.25) is 14.5 Å². The van der Waals surface area contributed by atoms with Gasteiger partial charge in [0.1, 0.15) is 0 Å². The average molecular weight is 490 g/mol. The summed E-state index contributed by atoms with van der Waals surface area (Å²) < 4.78 is 31.0. The van der Waals surface area contributed by atoms with Crippen LogP contribution in [0.15, 0.2) is 53.4 Å². The molecule has 34 heavy (non-hydrogen) atoms. The number of sulfonamides is 1. The van der Waals surface area contributed by atoms with E-state index in [0.29, 0.717) is 24.6 Å². The minimum Gasteiger partial charge on any atom is -0.378 e. The fourth-order valence-corrected chi connectivity index (χ4v) is 4.42. The van der Waals surface area contributed by atoms with Crippen LogP contribution in [-0.4, -0.2) is 90.0 Å². The summed E-state index contributed by atoms with van der Waals surface area (Å²) in [6.45, 7) is 3.09. The molecule has 0 aliphatic carbocycles. The number of morpholine rings is 1. The van der Waals surface area contributed by atoms with Crippen LogP contribution < -0.4 is 15.5 Å². The number of nitrogens with one attached hydrogen (secondary N) is 2. The maximum absolute atomic E-state index is 12.4. The number of hydrogen-bond donors (Lipinski definition) is 2. The van der Waals surface area contributed by atoms with Gasteiger partial charge in [-0.25, -0.2) is 12.7 Å². The monoisotopic (exact) mass is 489 g/mol. The molecule has 3 rings (SSSR count). The molecule has 2 amide bonds. The molecule has 2 aromatic carbocycles. The lowest BCUT2D eigenvalue weighted by Gasteiger charge is -2.28. The number of likely N-dealkylation sites (N-methyl/N-ethyl adjacent to an activating group) is 1. The van der Waals surface area contributed by atoms with Crippen molar-refractivity contribution in [2.45, 2.75) is 4.90 Å². The molecule has 0 saturated carbocycles. The first-order chi connectivity index (χ1) is 16.1. The lowest BCUT2D eigenvalue weighted by atomic mass is 10.2. The van der Waals surface area contributed by atoms with Gasteiger partial charge < -0.3 is 20.3 Å². The quantitative estimate of drug-likeness (QED) is 0.546. The Labute approximate surface area is 200 Å². The van der Waals surface area contributed by atoms with Crippen molar-refractivity contribution in [3.8, 4) is 0 Å². The molecule has 184 valence electrons. The van der Waals surface area contributed by atoms with E-state index in [1.54, 1.807) is 24.1 Å². The Hall–Kier alpha value is -2.99. The number of hydrogen-bond acceptors (Lipinski definition) is 7. The minimum absolute atomic E-state index is 0.0215. The van der Waals surface area contributed by atoms with Crippen LogP contribution in [0.2, 0.25) is 0 Å². The molecule has 0 spiro atoms. The minimum atomic E-state index is -3.60. The van der Waals surface area contributed by atoms with Crippen LogP contribution in [0.4, 0.5) is 17.1 Å². The lowest BCUT2D eigenvalue weighted by molar-refractivity contribution is -0.119. The number of rotatable bonds is 9. The van der Waals surface area contributed by atoms with E-state index >= 15 is 0 Å². The molecule has 2 N–H and O–H groups in total. The van der Waals surface area contributed by atoms with Crippen LogP contribution in [0.5, 0.6) is 0 Å². The van der Waals surface area contributed by atoms with Crippen LogP contribution in [-0.2, 0) is 24.3 Å². The number of carbonyl (C=O) groups excluding carboxylic acids is 2. The van der Waals surface area contributed by atoms with Gasteiger partial charge in [0, 0.05) is 44.2 Å². The van der Waals surface area contributed by atoms with Crippen LogP contribution in [0.1, 0.15) is 0 Å². The van der Waals surface area contributed by atoms with Gasteiger partial charge in [0.2, 0.25) is 21.8 Å². The molecule has 10 nitrogen and oxygen atoms in total. The molecule has 0 bridgehead atoms. The van der Waals surface area contributed by atoms with Crippen molar-refractivity contribution in [2.24, 2.45) is 0 Å². The van der Waals surface area contributed by atoms with Gasteiger partial charge in [-0.05, 0) is 49.5 Å². The van der Waals surface area contributed by atoms with Gasteiger partial charge >= 0.3 is 0 Å². The van der Waals surface area contributed by atoms with Gasteiger partial charge in [-0.2, -0.15) is 0 Å². The number of anilines is 3. The van der Waals surface area contributed by atoms with Crippen molar-refractivity contribution in [1.29, 1.82) is 0 Å². The number of nitrogens with zero attached hydrogens (tertiary/aromatic N) is 3. The molecule has 1 aliphatic rings. The summed E-state index contributed by atoms with van der Waals surface area (Å²) in [5.41, 5.74) is 2.13. The second kappa shape index (κ2) is 11.4. The first kappa shape index (κ1) is 25.6. The third-order valence-electron chi connectivity index (χ3n) is 5.25. The average Bonchev–Trinajstić information content (AvgIpc) is 2.80. The number of benzene rings is 2. The van der Waals surface area contributed by atoms with Crippen LogP contribution in [0.3, 0.4) is 0 Å². The van der Waals surface area contributed by atoms with E-state index in [4.69, 9.17) is 4.74 Å². The predicted octanol–water partition coefficient (Wildman–Crippen LogP) is 1.28. The number of amides is 2. The Morgan fingerprint density at radius 1 is 0.912 bits per heavy atom. The summed E-state index contributed by atoms with van der Waals surface area (Å²) in [6.07, 6.45) is 0. The first-order valence-electron chi connectivity index (χ1n) is 10.9. The van der Waals surface area contributed by atoms with E-state index in [9.17, 15) is 18.0 Å². The molecule has 0 aromatic heterocycles. The zero-order valence-electron chi connectivity index (χ0n) is 19.7. The number of carbonyl (C=O) groups is 2. The van der Waals surface area contributed by atoms with E-state index in [1.165, 1.54) is 26.2 Å². The fraction of sp³-hybridized carbons (Fsp3) is 0.391. The van der Waals surface area contributed by atoms with Crippen LogP contribution in [0.25, 0.3) is 0 Å². The lowest BCUT2D eigenvalue weighted by Crippen LogP contribution is -2.36. The molecule has 1 heterocycles. The highest BCUT2D eigenvalue weighted by Gasteiger charge is 2.18. The molecule has 0 radical (unpaired) electrons. The van der Waals surface area contributed by atoms with Gasteiger partial charge in [0.05, 0.1) is 31.2 Å². The van der Waals surface area contributed by atoms with E-state index in [0.717, 1.165) is 23.1 Å². The summed E-state index contributed by atoms with van der Waals surface area (Å²) in [5.74, 6) is -0.599. The Kier molecular flexibility index (Phi) is 8.61. The summed E-state index contributed by atoms with van der Waals surface area (Å²) >= 11 is 0. The molecule has 1 saturated heterocycles. The molecule has 11 heteroatoms. The molecule has 0 atom stereocenters. The zero-order chi connectivity index (χ0) is 24.7. The van der Waals surface area contributed by atoms with E-state index < -0.39 is 10.0 Å². The Bertz CT molecular complexity index is 1100. The normalized spacial score (nSPS) is 14.3. The Morgan fingerprint density at radius 2 is 1.50 bits per heavy atom. The molecule has 2 aromatic rings. The largest absolute Gasteiger partial charge is 0.378 e. The third kappa shape index (κ3) is 7.00. The second-order valence-electron chi connectivity index (χ2n) is 8.23. The predicted molar refractivity (Wildman–Crippen MR) is 132 cm³/mol. The fourth-order valence-electron chi connectivity index (χ4n) is 3.47. The summed E-state index contributed by atoms with van der Waals surface area (Å²) in [5, 5.41) is 5.51. The Balaban J connectivity index is 1.48. The van der Waals surface area contributed by atoms with Crippen molar-refractivity contribution >= 4 is 38.9 Å². The van der Waals surface area contributed by atoms with Crippen molar-refractivity contribution in [2.75, 3.05) is 76.1 Å². The van der Waals surface area contributed by atoms with Gasteiger partial charge in [0.25, 0.3) is 0 Å². The highest BCUT2D eigenvalue weighted by Crippen LogP contribution is 2.19. The van der Waals surface area contributed by atoms with Crippen molar-refractivity contribution in [3.63, 3.8) is 0 Å². The van der Waals surface area contributed by atoms with Crippen molar-refractivity contribution in [3.05, 3.63) is 48.5 Å². The first-order valence-corrected chi connectivity index (χ1v) is 12.3. The molecule has 0 unspecified atom stereocenters. The number of ether oxygens (including phenoxy) is 1. The standard InChI is InChI=1S/C23H31N5O5S/c1-26(2)34(31,32)21-6-4-5-19(15-21)25-23(30)17-27(3)16-22(29)24-18-7-9-20(10-8-18)28-11-13-33-14-12-28/h4-10,15H,11-14,16-17H2,1-3H3,(H,24,29)(H,25,30). The smallest absolute Gasteiger partial charge is 0.242 e. The molecular weight excluding hydrogens is 458 g/mol. The van der Waals surface area contributed by atoms with E-state index in [2.05, 4.69) is 15.5 Å². The van der Waals surface area contributed by atoms with Crippen molar-refractivity contribution < 1.29 is 22.7 Å². The van der Waals surface area contributed by atoms with Crippen LogP contribution >= 0.6 is 0 Å². The summed E-state index contributed by atoms with van der Waals surface area (Å²) in [4.78, 5) is 28.7. The van der Waals surface area contributed by atoms with Crippen LogP contribution in [0, 0.1) is 0 Å². The molecule has 1 aliphatic heterocycles. The Morgan fingerprint density at radius 3 is 2.09 bits per heavy atom. The SMILES string of the molecule is CN(CC(=O)Nc1ccc(N2CCOCC2)cc1)CC(=O)Nc1cccc(S(=O)(=O)N(C)C)c1. The van der Waals surface area contributed by atoms with E-state index in [-0.39, 0.29) is 29.8 Å². The maximum atomic E-state index is 12.4. The second-order valence-corrected chi connectivity index (χ2v) is 10.4. The van der Waals surface area contributed by atoms with Gasteiger partial charge in [-0.15, -0.1) is 0 Å². The van der Waals surface area contributed by atoms with E-state index in [1.807, 2.05) is 24.3 Å². The highest BCUT2D eigenvalue weighted by atomic mass is 32.2. The summed E-state index contributed by atoms with van der Waals surface area (Å²) in [7, 11) is 0.945. The topological polar surface area (TPSA) is 111 Å². The summed E-state index contributed by atoms with van der Waals surface area (Å²) in [6, 6.07) is 13.7. The van der Waals surface area contributed by atoms with Gasteiger partial charge in [-0.1, -0.05) is 6.07 Å². The highest BCUT2D eigenvalue weighted by molar-refractivity contribution is 7.89. The van der Waals surface area contributed by atoms with Crippen molar-refractivity contribution in [1.82, 2.24) is 9.21 Å². The third-order valence-corrected chi connectivity index (χ3v) is 7.06. The zero-order valence-corrected chi connectivity index (χ0v) is 20.5. The molecular formula is C23H31N5O5S. The molecule has 1 fully saturated rings. The maximum Gasteiger partial charge on any atom is 0.242 e.